The third-order valence-corrected chi connectivity index (χ3v) is 7.61. The second-order valence-corrected chi connectivity index (χ2v) is 11.1. The zero-order valence-corrected chi connectivity index (χ0v) is 23.9. The summed E-state index contributed by atoms with van der Waals surface area (Å²) in [7, 11) is 0. The third kappa shape index (κ3) is 6.08. The highest BCUT2D eigenvalue weighted by Gasteiger charge is 2.44. The van der Waals surface area contributed by atoms with E-state index in [1.807, 2.05) is 13.8 Å². The van der Waals surface area contributed by atoms with Crippen LogP contribution in [0, 0.1) is 5.92 Å². The van der Waals surface area contributed by atoms with Crippen LogP contribution in [0.25, 0.3) is 5.69 Å². The van der Waals surface area contributed by atoms with Gasteiger partial charge in [-0.3, -0.25) is 0 Å². The second kappa shape index (κ2) is 11.2. The Morgan fingerprint density at radius 3 is 2.51 bits per heavy atom. The molecule has 0 saturated heterocycles. The lowest BCUT2D eigenvalue weighted by molar-refractivity contribution is -0.286. The normalized spacial score (nSPS) is 17.6. The van der Waals surface area contributed by atoms with Gasteiger partial charge in [0.1, 0.15) is 17.7 Å². The van der Waals surface area contributed by atoms with E-state index in [9.17, 15) is 31.9 Å². The zero-order chi connectivity index (χ0) is 32.1. The molecule has 0 amide bonds. The molecule has 2 N–H and O–H groups in total. The number of ether oxygens (including phenoxy) is 3. The van der Waals surface area contributed by atoms with Gasteiger partial charge in [-0.1, -0.05) is 19.9 Å². The van der Waals surface area contributed by atoms with E-state index in [1.165, 1.54) is 53.3 Å². The largest absolute Gasteiger partial charge is 0.586 e. The molecular formula is C31H27F5N4O5. The maximum atomic E-state index is 14.2. The molecule has 0 spiro atoms. The highest BCUT2D eigenvalue weighted by Crippen LogP contribution is 2.44. The van der Waals surface area contributed by atoms with Gasteiger partial charge in [-0.25, -0.2) is 14.5 Å². The minimum absolute atomic E-state index is 0.0319. The van der Waals surface area contributed by atoms with Gasteiger partial charge in [-0.05, 0) is 73.2 Å². The summed E-state index contributed by atoms with van der Waals surface area (Å²) in [5.41, 5.74) is 0.218. The van der Waals surface area contributed by atoms with Crippen LogP contribution in [0.2, 0.25) is 0 Å². The van der Waals surface area contributed by atoms with Gasteiger partial charge in [-0.15, -0.1) is 8.78 Å². The van der Waals surface area contributed by atoms with Crippen LogP contribution in [0.1, 0.15) is 71.7 Å². The van der Waals surface area contributed by atoms with Gasteiger partial charge < -0.3 is 24.6 Å². The molecule has 3 heterocycles. The average molecular weight is 631 g/mol. The number of hydrogen-bond donors (Lipinski definition) is 2. The van der Waals surface area contributed by atoms with Crippen LogP contribution in [0.3, 0.4) is 0 Å². The minimum Gasteiger partial charge on any atom is -0.484 e. The fourth-order valence-corrected chi connectivity index (χ4v) is 5.60. The second-order valence-electron chi connectivity index (χ2n) is 11.1. The number of nitrogens with zero attached hydrogens (tertiary/aromatic N) is 3. The summed E-state index contributed by atoms with van der Waals surface area (Å²) in [6.07, 6.45) is -6.86. The molecule has 1 aliphatic heterocycles. The molecule has 4 aromatic rings. The fourth-order valence-electron chi connectivity index (χ4n) is 5.60. The Balaban J connectivity index is 1.34. The van der Waals surface area contributed by atoms with Crippen molar-refractivity contribution in [3.05, 3.63) is 88.9 Å². The smallest absolute Gasteiger partial charge is 0.484 e. The molecule has 0 bridgehead atoms. The van der Waals surface area contributed by atoms with Crippen molar-refractivity contribution in [3.63, 3.8) is 0 Å². The molecule has 2 atom stereocenters. The van der Waals surface area contributed by atoms with Crippen molar-refractivity contribution >= 4 is 11.8 Å². The summed E-state index contributed by atoms with van der Waals surface area (Å²) in [6.45, 7) is 3.82. The number of aromatic carboxylic acids is 1. The molecule has 2 aliphatic rings. The number of anilines is 1. The number of alkyl halides is 5. The van der Waals surface area contributed by atoms with Gasteiger partial charge in [-0.2, -0.15) is 18.3 Å². The van der Waals surface area contributed by atoms with Crippen LogP contribution < -0.4 is 19.5 Å². The van der Waals surface area contributed by atoms with E-state index < -0.39 is 36.3 Å². The number of carbonyl (C=O) groups is 1. The van der Waals surface area contributed by atoms with Crippen LogP contribution in [0.15, 0.2) is 60.8 Å². The van der Waals surface area contributed by atoms with Crippen molar-refractivity contribution in [1.82, 2.24) is 14.8 Å². The Morgan fingerprint density at radius 1 is 1.09 bits per heavy atom. The standard InChI is InChI=1S/C31H27F5N4O5/c1-16(2)26(18-8-11-22-24(14-18)45-31(35,36)44-22)38-25-15-19(12-13-37-25)40-27-21(28(39-40)30(32,33)34)4-3-5-23(27)43-20-9-6-17(7-10-20)29(41)42/h6-16,23,26H,3-5H2,1-2H3,(H,37,38)(H,41,42)/t23-,26-/m0/s1. The SMILES string of the molecule is CC(C)[C@H](Nc1cc(-n2nc(C(F)(F)F)c3c2[C@@H](Oc2ccc(C(=O)O)cc2)CCC3)ccn1)c1ccc2c(c1)OC(F)(F)O2. The number of rotatable bonds is 8. The first-order chi connectivity index (χ1) is 21.3. The number of fused-ring (bicyclic) bond motifs is 2. The van der Waals surface area contributed by atoms with E-state index in [0.717, 1.165) is 0 Å². The van der Waals surface area contributed by atoms with Gasteiger partial charge in [0.2, 0.25) is 0 Å². The molecule has 14 heteroatoms. The van der Waals surface area contributed by atoms with E-state index in [4.69, 9.17) is 4.74 Å². The first kappa shape index (κ1) is 30.2. The topological polar surface area (TPSA) is 108 Å². The summed E-state index contributed by atoms with van der Waals surface area (Å²) in [6, 6.07) is 12.7. The fraction of sp³-hybridized carbons (Fsp3) is 0.323. The zero-order valence-electron chi connectivity index (χ0n) is 23.9. The number of benzene rings is 2. The van der Waals surface area contributed by atoms with Crippen molar-refractivity contribution in [3.8, 4) is 22.9 Å². The summed E-state index contributed by atoms with van der Waals surface area (Å²) in [5.74, 6) is -0.780. The summed E-state index contributed by atoms with van der Waals surface area (Å²) in [5, 5.41) is 16.5. The van der Waals surface area contributed by atoms with Gasteiger partial charge in [0.15, 0.2) is 17.2 Å². The van der Waals surface area contributed by atoms with E-state index >= 15 is 0 Å². The molecule has 236 valence electrons. The van der Waals surface area contributed by atoms with Crippen molar-refractivity contribution in [2.75, 3.05) is 5.32 Å². The van der Waals surface area contributed by atoms with Crippen LogP contribution in [0.4, 0.5) is 27.8 Å². The minimum atomic E-state index is -4.71. The molecule has 0 radical (unpaired) electrons. The van der Waals surface area contributed by atoms with Crippen LogP contribution in [-0.2, 0) is 12.6 Å². The van der Waals surface area contributed by atoms with E-state index in [-0.39, 0.29) is 40.7 Å². The number of nitrogens with one attached hydrogen (secondary N) is 1. The van der Waals surface area contributed by atoms with Crippen molar-refractivity contribution in [2.24, 2.45) is 5.92 Å². The Bertz CT molecular complexity index is 1740. The summed E-state index contributed by atoms with van der Waals surface area (Å²) >= 11 is 0. The number of carboxylic acids is 1. The van der Waals surface area contributed by atoms with Crippen molar-refractivity contribution in [1.29, 1.82) is 0 Å². The van der Waals surface area contributed by atoms with Gasteiger partial charge in [0.05, 0.1) is 23.0 Å². The molecule has 45 heavy (non-hydrogen) atoms. The quantitative estimate of drug-likeness (QED) is 0.192. The first-order valence-electron chi connectivity index (χ1n) is 14.1. The van der Waals surface area contributed by atoms with Gasteiger partial charge >= 0.3 is 18.4 Å². The predicted octanol–water partition coefficient (Wildman–Crippen LogP) is 7.57. The van der Waals surface area contributed by atoms with Crippen LogP contribution >= 0.6 is 0 Å². The number of aromatic nitrogens is 3. The molecule has 2 aromatic heterocycles. The molecule has 9 nitrogen and oxygen atoms in total. The van der Waals surface area contributed by atoms with E-state index in [1.54, 1.807) is 12.1 Å². The van der Waals surface area contributed by atoms with Crippen LogP contribution in [0.5, 0.6) is 17.2 Å². The molecule has 6 rings (SSSR count). The lowest BCUT2D eigenvalue weighted by Crippen LogP contribution is -2.26. The van der Waals surface area contributed by atoms with Gasteiger partial charge in [0, 0.05) is 17.8 Å². The highest BCUT2D eigenvalue weighted by molar-refractivity contribution is 5.87. The maximum absolute atomic E-state index is 14.2. The number of carboxylic acid groups (broad SMARTS) is 1. The monoisotopic (exact) mass is 630 g/mol. The van der Waals surface area contributed by atoms with Gasteiger partial charge in [0.25, 0.3) is 0 Å². The highest BCUT2D eigenvalue weighted by atomic mass is 19.4. The Morgan fingerprint density at radius 2 is 1.82 bits per heavy atom. The lowest BCUT2D eigenvalue weighted by Gasteiger charge is -2.26. The van der Waals surface area contributed by atoms with E-state index in [0.29, 0.717) is 35.7 Å². The number of pyridine rings is 1. The number of hydrogen-bond acceptors (Lipinski definition) is 7. The molecule has 0 fully saturated rings. The Kier molecular flexibility index (Phi) is 7.53. The Hall–Kier alpha value is -4.88. The number of halogens is 5. The maximum Gasteiger partial charge on any atom is 0.586 e. The molecule has 0 unspecified atom stereocenters. The van der Waals surface area contributed by atoms with E-state index in [2.05, 4.69) is 24.9 Å². The Labute approximate surface area is 253 Å². The molecule has 2 aromatic carbocycles. The molecule has 1 aliphatic carbocycles. The third-order valence-electron chi connectivity index (χ3n) is 7.61. The van der Waals surface area contributed by atoms with Crippen molar-refractivity contribution in [2.45, 2.75) is 57.7 Å². The lowest BCUT2D eigenvalue weighted by atomic mass is 9.93. The first-order valence-corrected chi connectivity index (χ1v) is 14.1. The molecular weight excluding hydrogens is 603 g/mol. The van der Waals surface area contributed by atoms with Crippen LogP contribution in [-0.4, -0.2) is 32.1 Å². The summed E-state index contributed by atoms with van der Waals surface area (Å²) < 4.78 is 86.2. The molecule has 0 saturated carbocycles. The summed E-state index contributed by atoms with van der Waals surface area (Å²) in [4.78, 5) is 15.6. The average Bonchev–Trinajstić information content (AvgIpc) is 3.53. The van der Waals surface area contributed by atoms with Crippen molar-refractivity contribution < 1.29 is 46.1 Å². The predicted molar refractivity (Wildman–Crippen MR) is 150 cm³/mol.